The Hall–Kier alpha value is -3.24. The standard InChI is InChI=1S/C29H41N3O6S/c1-18-9-8-10-19(2)24(18)31-26(35)25(21-11-12-23(34)20(3)17-21)32(14-15-33)27(36)22(13-16-39-7)30-28(37)38-29(4,5)6/h8-12,17,22,25,33-34H,13-16H2,1-7H3,(H,30,37)(H,31,35). The van der Waals surface area contributed by atoms with Crippen LogP contribution in [0.4, 0.5) is 10.5 Å². The zero-order valence-corrected chi connectivity index (χ0v) is 24.6. The van der Waals surface area contributed by atoms with Gasteiger partial charge >= 0.3 is 6.09 Å². The lowest BCUT2D eigenvalue weighted by Crippen LogP contribution is -2.53. The van der Waals surface area contributed by atoms with E-state index < -0.39 is 42.2 Å². The van der Waals surface area contributed by atoms with E-state index in [-0.39, 0.29) is 12.3 Å². The van der Waals surface area contributed by atoms with Gasteiger partial charge in [-0.05, 0) is 94.4 Å². The molecule has 10 heteroatoms. The number of para-hydroxylation sites is 1. The number of phenolic OH excluding ortho intramolecular Hbond substituents is 1. The third-order valence-electron chi connectivity index (χ3n) is 6.05. The topological polar surface area (TPSA) is 128 Å². The zero-order chi connectivity index (χ0) is 29.3. The van der Waals surface area contributed by atoms with Crippen LogP contribution in [0.25, 0.3) is 0 Å². The Balaban J connectivity index is 2.56. The quantitative estimate of drug-likeness (QED) is 0.320. The molecular formula is C29H41N3O6S. The van der Waals surface area contributed by atoms with Crippen molar-refractivity contribution in [3.05, 3.63) is 58.7 Å². The maximum absolute atomic E-state index is 14.0. The predicted molar refractivity (Wildman–Crippen MR) is 155 cm³/mol. The molecule has 39 heavy (non-hydrogen) atoms. The first kappa shape index (κ1) is 32.0. The summed E-state index contributed by atoms with van der Waals surface area (Å²) < 4.78 is 5.38. The summed E-state index contributed by atoms with van der Waals surface area (Å²) >= 11 is 1.51. The van der Waals surface area contributed by atoms with Crippen molar-refractivity contribution in [3.8, 4) is 5.75 Å². The number of phenols is 1. The number of aliphatic hydroxyl groups excluding tert-OH is 1. The number of anilines is 1. The van der Waals surface area contributed by atoms with Gasteiger partial charge in [-0.15, -0.1) is 0 Å². The Morgan fingerprint density at radius 3 is 2.23 bits per heavy atom. The van der Waals surface area contributed by atoms with Crippen molar-refractivity contribution in [1.82, 2.24) is 10.2 Å². The molecule has 4 N–H and O–H groups in total. The van der Waals surface area contributed by atoms with Gasteiger partial charge in [0.05, 0.1) is 6.61 Å². The molecule has 0 radical (unpaired) electrons. The van der Waals surface area contributed by atoms with Gasteiger partial charge in [0.2, 0.25) is 5.91 Å². The van der Waals surface area contributed by atoms with E-state index in [2.05, 4.69) is 10.6 Å². The van der Waals surface area contributed by atoms with Gasteiger partial charge in [-0.25, -0.2) is 4.79 Å². The van der Waals surface area contributed by atoms with Gasteiger partial charge in [-0.3, -0.25) is 9.59 Å². The van der Waals surface area contributed by atoms with Crippen molar-refractivity contribution in [3.63, 3.8) is 0 Å². The molecule has 0 aliphatic rings. The number of aliphatic hydroxyl groups is 1. The van der Waals surface area contributed by atoms with Crippen LogP contribution in [0.15, 0.2) is 36.4 Å². The summed E-state index contributed by atoms with van der Waals surface area (Å²) in [6.45, 7) is 10.1. The molecule has 0 aliphatic carbocycles. The Morgan fingerprint density at radius 2 is 1.69 bits per heavy atom. The van der Waals surface area contributed by atoms with E-state index in [1.807, 2.05) is 38.3 Å². The van der Waals surface area contributed by atoms with Crippen LogP contribution in [0.3, 0.4) is 0 Å². The maximum Gasteiger partial charge on any atom is 0.408 e. The molecule has 9 nitrogen and oxygen atoms in total. The number of ether oxygens (including phenoxy) is 1. The summed E-state index contributed by atoms with van der Waals surface area (Å²) in [6.07, 6.45) is 1.43. The van der Waals surface area contributed by atoms with Gasteiger partial charge in [-0.2, -0.15) is 11.8 Å². The minimum Gasteiger partial charge on any atom is -0.508 e. The maximum atomic E-state index is 14.0. The van der Waals surface area contributed by atoms with E-state index in [4.69, 9.17) is 4.74 Å². The number of thioether (sulfide) groups is 1. The van der Waals surface area contributed by atoms with Crippen molar-refractivity contribution in [2.45, 2.75) is 65.6 Å². The molecule has 0 saturated carbocycles. The number of amides is 3. The van der Waals surface area contributed by atoms with Crippen molar-refractivity contribution in [2.75, 3.05) is 30.5 Å². The summed E-state index contributed by atoms with van der Waals surface area (Å²) in [4.78, 5) is 41.8. The fraction of sp³-hybridized carbons (Fsp3) is 0.483. The summed E-state index contributed by atoms with van der Waals surface area (Å²) in [5, 5.41) is 25.7. The second-order valence-corrected chi connectivity index (χ2v) is 11.4. The lowest BCUT2D eigenvalue weighted by atomic mass is 9.99. The molecule has 2 aromatic rings. The highest BCUT2D eigenvalue weighted by molar-refractivity contribution is 7.98. The molecule has 0 bridgehead atoms. The number of aromatic hydroxyl groups is 1. The molecule has 3 amide bonds. The Morgan fingerprint density at radius 1 is 1.05 bits per heavy atom. The normalized spacial score (nSPS) is 12.8. The molecule has 0 aromatic heterocycles. The number of nitrogens with one attached hydrogen (secondary N) is 2. The Kier molecular flexibility index (Phi) is 11.7. The second kappa shape index (κ2) is 14.2. The van der Waals surface area contributed by atoms with Gasteiger partial charge in [0, 0.05) is 12.2 Å². The Bertz CT molecular complexity index is 1140. The third-order valence-corrected chi connectivity index (χ3v) is 6.69. The van der Waals surface area contributed by atoms with Crippen LogP contribution in [0.2, 0.25) is 0 Å². The van der Waals surface area contributed by atoms with Gasteiger partial charge in [0.25, 0.3) is 5.91 Å². The molecule has 0 aliphatic heterocycles. The summed E-state index contributed by atoms with van der Waals surface area (Å²) in [7, 11) is 0. The van der Waals surface area contributed by atoms with Crippen LogP contribution >= 0.6 is 11.8 Å². The molecule has 2 aromatic carbocycles. The SMILES string of the molecule is CSCCC(NC(=O)OC(C)(C)C)C(=O)N(CCO)C(C(=O)Nc1c(C)cccc1C)c1ccc(O)c(C)c1. The smallest absolute Gasteiger partial charge is 0.408 e. The van der Waals surface area contributed by atoms with Crippen LogP contribution in [0.1, 0.15) is 55.5 Å². The second-order valence-electron chi connectivity index (χ2n) is 10.4. The lowest BCUT2D eigenvalue weighted by Gasteiger charge is -2.34. The Labute approximate surface area is 235 Å². The first-order valence-electron chi connectivity index (χ1n) is 12.9. The van der Waals surface area contributed by atoms with Crippen molar-refractivity contribution in [1.29, 1.82) is 0 Å². The number of hydrogen-bond acceptors (Lipinski definition) is 7. The van der Waals surface area contributed by atoms with Crippen LogP contribution in [-0.2, 0) is 14.3 Å². The fourth-order valence-electron chi connectivity index (χ4n) is 4.14. The van der Waals surface area contributed by atoms with E-state index in [1.54, 1.807) is 39.8 Å². The van der Waals surface area contributed by atoms with Gasteiger partial charge < -0.3 is 30.5 Å². The van der Waals surface area contributed by atoms with Crippen LogP contribution in [0.5, 0.6) is 5.75 Å². The fourth-order valence-corrected chi connectivity index (χ4v) is 4.61. The molecule has 0 spiro atoms. The summed E-state index contributed by atoms with van der Waals surface area (Å²) in [5.74, 6) is -0.398. The van der Waals surface area contributed by atoms with E-state index in [0.29, 0.717) is 29.0 Å². The first-order chi connectivity index (χ1) is 18.3. The van der Waals surface area contributed by atoms with Gasteiger partial charge in [0.15, 0.2) is 0 Å². The average molecular weight is 560 g/mol. The summed E-state index contributed by atoms with van der Waals surface area (Å²) in [5.41, 5.74) is 2.56. The molecule has 214 valence electrons. The molecule has 0 saturated heterocycles. The van der Waals surface area contributed by atoms with Crippen LogP contribution < -0.4 is 10.6 Å². The largest absolute Gasteiger partial charge is 0.508 e. The molecule has 2 rings (SSSR count). The molecule has 2 unspecified atom stereocenters. The average Bonchev–Trinajstić information content (AvgIpc) is 2.84. The number of carbonyl (C=O) groups is 3. The first-order valence-corrected chi connectivity index (χ1v) is 14.2. The summed E-state index contributed by atoms with van der Waals surface area (Å²) in [6, 6.07) is 8.18. The van der Waals surface area contributed by atoms with Crippen molar-refractivity contribution < 1.29 is 29.3 Å². The molecule has 0 fully saturated rings. The highest BCUT2D eigenvalue weighted by Gasteiger charge is 2.36. The number of benzene rings is 2. The van der Waals surface area contributed by atoms with E-state index in [0.717, 1.165) is 11.1 Å². The highest BCUT2D eigenvalue weighted by Crippen LogP contribution is 2.29. The van der Waals surface area contributed by atoms with Gasteiger partial charge in [0.1, 0.15) is 23.4 Å². The van der Waals surface area contributed by atoms with Crippen molar-refractivity contribution in [2.24, 2.45) is 0 Å². The number of rotatable bonds is 11. The molecular weight excluding hydrogens is 518 g/mol. The monoisotopic (exact) mass is 559 g/mol. The predicted octanol–water partition coefficient (Wildman–Crippen LogP) is 4.46. The third kappa shape index (κ3) is 9.18. The minimum atomic E-state index is -1.15. The van der Waals surface area contributed by atoms with E-state index in [9.17, 15) is 24.6 Å². The highest BCUT2D eigenvalue weighted by atomic mass is 32.2. The zero-order valence-electron chi connectivity index (χ0n) is 23.8. The van der Waals surface area contributed by atoms with Crippen molar-refractivity contribution >= 4 is 35.4 Å². The number of aryl methyl sites for hydroxylation is 3. The number of carbonyl (C=O) groups excluding carboxylic acids is 3. The number of nitrogens with zero attached hydrogens (tertiary/aromatic N) is 1. The van der Waals surface area contributed by atoms with Crippen LogP contribution in [-0.4, -0.2) is 69.8 Å². The minimum absolute atomic E-state index is 0.0529. The van der Waals surface area contributed by atoms with Crippen LogP contribution in [0, 0.1) is 20.8 Å². The number of hydrogen-bond donors (Lipinski definition) is 4. The molecule has 2 atom stereocenters. The molecule has 0 heterocycles. The van der Waals surface area contributed by atoms with Gasteiger partial charge in [-0.1, -0.05) is 24.3 Å². The lowest BCUT2D eigenvalue weighted by molar-refractivity contribution is -0.141. The van der Waals surface area contributed by atoms with E-state index >= 15 is 0 Å². The number of alkyl carbamates (subject to hydrolysis) is 1. The van der Waals surface area contributed by atoms with E-state index in [1.165, 1.54) is 22.7 Å².